The zero-order valence-corrected chi connectivity index (χ0v) is 10.2. The van der Waals surface area contributed by atoms with Gasteiger partial charge in [-0.25, -0.2) is 0 Å². The summed E-state index contributed by atoms with van der Waals surface area (Å²) in [5.41, 5.74) is 1.71. The molecule has 6 heteroatoms. The predicted octanol–water partition coefficient (Wildman–Crippen LogP) is 2.72. The predicted molar refractivity (Wildman–Crippen MR) is 59.7 cm³/mol. The summed E-state index contributed by atoms with van der Waals surface area (Å²) >= 11 is 0. The molecule has 0 unspecified atom stereocenters. The van der Waals surface area contributed by atoms with Crippen LogP contribution in [-0.4, -0.2) is 31.5 Å². The van der Waals surface area contributed by atoms with Crippen molar-refractivity contribution in [3.8, 4) is 11.5 Å². The molecule has 0 fully saturated rings. The molecule has 0 radical (unpaired) electrons. The van der Waals surface area contributed by atoms with Crippen molar-refractivity contribution < 1.29 is 22.6 Å². The fourth-order valence-corrected chi connectivity index (χ4v) is 1.91. The van der Waals surface area contributed by atoms with Crippen LogP contribution in [0.4, 0.5) is 13.2 Å². The van der Waals surface area contributed by atoms with Crippen LogP contribution in [0.25, 0.3) is 0 Å². The van der Waals surface area contributed by atoms with E-state index < -0.39 is 12.7 Å². The highest BCUT2D eigenvalue weighted by Crippen LogP contribution is 2.35. The average Bonchev–Trinajstić information content (AvgIpc) is 2.62. The van der Waals surface area contributed by atoms with Crippen LogP contribution in [0.15, 0.2) is 12.1 Å². The molecule has 18 heavy (non-hydrogen) atoms. The minimum absolute atomic E-state index is 0.163. The normalized spacial score (nSPS) is 14.3. The van der Waals surface area contributed by atoms with Crippen LogP contribution in [0.1, 0.15) is 11.1 Å². The summed E-state index contributed by atoms with van der Waals surface area (Å²) in [6.07, 6.45) is -4.18. The number of ether oxygens (including phenoxy) is 2. The molecule has 2 rings (SSSR count). The van der Waals surface area contributed by atoms with E-state index in [0.29, 0.717) is 11.5 Å². The van der Waals surface area contributed by atoms with Crippen molar-refractivity contribution in [3.05, 3.63) is 23.3 Å². The van der Waals surface area contributed by atoms with Gasteiger partial charge >= 0.3 is 6.18 Å². The van der Waals surface area contributed by atoms with E-state index in [4.69, 9.17) is 9.47 Å². The lowest BCUT2D eigenvalue weighted by atomic mass is 10.1. The Labute approximate surface area is 103 Å². The van der Waals surface area contributed by atoms with E-state index in [0.717, 1.165) is 11.1 Å². The molecule has 1 heterocycles. The summed E-state index contributed by atoms with van der Waals surface area (Å²) in [6.45, 7) is 1.30. The Hall–Kier alpha value is -1.43. The maximum atomic E-state index is 12.2. The van der Waals surface area contributed by atoms with E-state index >= 15 is 0 Å². The largest absolute Gasteiger partial charge is 0.454 e. The van der Waals surface area contributed by atoms with Crippen LogP contribution >= 0.6 is 0 Å². The van der Waals surface area contributed by atoms with Crippen LogP contribution < -0.4 is 9.47 Å². The third-order valence-electron chi connectivity index (χ3n) is 2.72. The van der Waals surface area contributed by atoms with Gasteiger partial charge < -0.3 is 9.47 Å². The first-order valence-corrected chi connectivity index (χ1v) is 5.49. The van der Waals surface area contributed by atoms with Crippen molar-refractivity contribution in [2.24, 2.45) is 0 Å². The highest BCUT2D eigenvalue weighted by molar-refractivity contribution is 5.48. The maximum Gasteiger partial charge on any atom is 0.401 e. The summed E-state index contributed by atoms with van der Waals surface area (Å²) in [7, 11) is 1.44. The number of fused-ring (bicyclic) bond motifs is 1. The zero-order valence-electron chi connectivity index (χ0n) is 10.2. The van der Waals surface area contributed by atoms with E-state index in [1.54, 1.807) is 12.1 Å². The summed E-state index contributed by atoms with van der Waals surface area (Å²) < 4.78 is 47.1. The van der Waals surface area contributed by atoms with Crippen molar-refractivity contribution in [3.63, 3.8) is 0 Å². The molecule has 0 atom stereocenters. The number of hydrogen-bond acceptors (Lipinski definition) is 3. The highest BCUT2D eigenvalue weighted by Gasteiger charge is 2.29. The van der Waals surface area contributed by atoms with Gasteiger partial charge in [-0.1, -0.05) is 0 Å². The van der Waals surface area contributed by atoms with E-state index in [-0.39, 0.29) is 13.3 Å². The van der Waals surface area contributed by atoms with Crippen molar-refractivity contribution in [2.75, 3.05) is 20.4 Å². The summed E-state index contributed by atoms with van der Waals surface area (Å²) in [5, 5.41) is 0. The van der Waals surface area contributed by atoms with Gasteiger partial charge in [0.15, 0.2) is 11.5 Å². The zero-order chi connectivity index (χ0) is 13.3. The molecule has 0 aliphatic carbocycles. The Morgan fingerprint density at radius 3 is 2.44 bits per heavy atom. The van der Waals surface area contributed by atoms with E-state index in [1.165, 1.54) is 11.9 Å². The molecule has 0 saturated heterocycles. The molecule has 0 amide bonds. The number of nitrogens with zero attached hydrogens (tertiary/aromatic N) is 1. The number of benzene rings is 1. The first kappa shape index (κ1) is 13.0. The van der Waals surface area contributed by atoms with Crippen LogP contribution in [-0.2, 0) is 6.54 Å². The lowest BCUT2D eigenvalue weighted by molar-refractivity contribution is -0.144. The number of alkyl halides is 3. The smallest absolute Gasteiger partial charge is 0.401 e. The topological polar surface area (TPSA) is 21.7 Å². The number of rotatable bonds is 3. The summed E-state index contributed by atoms with van der Waals surface area (Å²) in [5.74, 6) is 1.24. The molecular weight excluding hydrogens is 247 g/mol. The van der Waals surface area contributed by atoms with Crippen molar-refractivity contribution in [1.29, 1.82) is 0 Å². The van der Waals surface area contributed by atoms with Gasteiger partial charge in [0.05, 0.1) is 6.54 Å². The van der Waals surface area contributed by atoms with Crippen molar-refractivity contribution in [1.82, 2.24) is 4.90 Å². The number of hydrogen-bond donors (Lipinski definition) is 0. The van der Waals surface area contributed by atoms with Crippen molar-refractivity contribution >= 4 is 0 Å². The lowest BCUT2D eigenvalue weighted by Gasteiger charge is -2.19. The molecule has 1 aromatic rings. The van der Waals surface area contributed by atoms with E-state index in [2.05, 4.69) is 0 Å². The fourth-order valence-electron chi connectivity index (χ4n) is 1.91. The van der Waals surface area contributed by atoms with Crippen molar-refractivity contribution in [2.45, 2.75) is 19.6 Å². The lowest BCUT2D eigenvalue weighted by Crippen LogP contribution is -2.30. The Morgan fingerprint density at radius 2 is 1.83 bits per heavy atom. The molecule has 0 spiro atoms. The van der Waals surface area contributed by atoms with Gasteiger partial charge in [0, 0.05) is 6.54 Å². The van der Waals surface area contributed by atoms with Crippen LogP contribution in [0.5, 0.6) is 11.5 Å². The molecule has 1 aromatic carbocycles. The van der Waals surface area contributed by atoms with Gasteiger partial charge in [0.1, 0.15) is 0 Å². The third kappa shape index (κ3) is 3.07. The van der Waals surface area contributed by atoms with E-state index in [1.807, 2.05) is 6.92 Å². The summed E-state index contributed by atoms with van der Waals surface area (Å²) in [6, 6.07) is 3.53. The van der Waals surface area contributed by atoms with Gasteiger partial charge in [-0.15, -0.1) is 0 Å². The van der Waals surface area contributed by atoms with Crippen LogP contribution in [0, 0.1) is 6.92 Å². The third-order valence-corrected chi connectivity index (χ3v) is 2.72. The van der Waals surface area contributed by atoms with Gasteiger partial charge in [-0.2, -0.15) is 13.2 Å². The van der Waals surface area contributed by atoms with Crippen LogP contribution in [0.2, 0.25) is 0 Å². The monoisotopic (exact) mass is 261 g/mol. The van der Waals surface area contributed by atoms with Gasteiger partial charge in [0.2, 0.25) is 6.79 Å². The minimum Gasteiger partial charge on any atom is -0.454 e. The Balaban J connectivity index is 2.10. The SMILES string of the molecule is Cc1cc2c(cc1CN(C)CC(F)(F)F)OCO2. The molecule has 0 saturated carbocycles. The Bertz CT molecular complexity index is 446. The molecular formula is C12H14F3NO2. The highest BCUT2D eigenvalue weighted by atomic mass is 19.4. The molecule has 0 bridgehead atoms. The molecule has 1 aliphatic rings. The van der Waals surface area contributed by atoms with Gasteiger partial charge in [-0.05, 0) is 37.2 Å². The Morgan fingerprint density at radius 1 is 1.22 bits per heavy atom. The summed E-state index contributed by atoms with van der Waals surface area (Å²) in [4.78, 5) is 1.23. The second-order valence-corrected chi connectivity index (χ2v) is 4.42. The molecule has 0 N–H and O–H groups in total. The average molecular weight is 261 g/mol. The van der Waals surface area contributed by atoms with Gasteiger partial charge in [-0.3, -0.25) is 4.90 Å². The second-order valence-electron chi connectivity index (χ2n) is 4.42. The number of aryl methyl sites for hydroxylation is 1. The van der Waals surface area contributed by atoms with Gasteiger partial charge in [0.25, 0.3) is 0 Å². The molecule has 0 aromatic heterocycles. The van der Waals surface area contributed by atoms with Crippen LogP contribution in [0.3, 0.4) is 0 Å². The first-order valence-electron chi connectivity index (χ1n) is 5.49. The maximum absolute atomic E-state index is 12.2. The fraction of sp³-hybridized carbons (Fsp3) is 0.500. The molecule has 100 valence electrons. The standard InChI is InChI=1S/C12H14F3NO2/c1-8-3-10-11(18-7-17-10)4-9(8)5-16(2)6-12(13,14)15/h3-4H,5-7H2,1-2H3. The quantitative estimate of drug-likeness (QED) is 0.835. The molecule has 1 aliphatic heterocycles. The molecule has 3 nitrogen and oxygen atoms in total. The second kappa shape index (κ2) is 4.68. The minimum atomic E-state index is -4.18. The van der Waals surface area contributed by atoms with E-state index in [9.17, 15) is 13.2 Å². The number of halogens is 3. The first-order chi connectivity index (χ1) is 8.35. The Kier molecular flexibility index (Phi) is 3.38.